The molecule has 0 N–H and O–H groups in total. The van der Waals surface area contributed by atoms with Gasteiger partial charge >= 0.3 is 0 Å². The molecule has 0 aromatic heterocycles. The van der Waals surface area contributed by atoms with E-state index in [1.807, 2.05) is 0 Å². The van der Waals surface area contributed by atoms with E-state index in [-0.39, 0.29) is 0 Å². The maximum atomic E-state index is 4.80. The molecule has 4 rings (SSSR count). The number of hydrogen-bond acceptors (Lipinski definition) is 2. The fourth-order valence-electron chi connectivity index (χ4n) is 3.98. The molecular weight excluding hydrogens is 258 g/mol. The third-order valence-electron chi connectivity index (χ3n) is 5.26. The average molecular weight is 280 g/mol. The van der Waals surface area contributed by atoms with Gasteiger partial charge in [0, 0.05) is 12.0 Å². The molecular formula is C18H22N3+. The Labute approximate surface area is 127 Å². The Morgan fingerprint density at radius 3 is 2.81 bits per heavy atom. The Hall–Kier alpha value is -1.48. The number of likely N-dealkylation sites (N-methyl/N-ethyl adjacent to an activating group) is 1. The lowest BCUT2D eigenvalue weighted by atomic mass is 9.82. The van der Waals surface area contributed by atoms with Gasteiger partial charge in [-0.3, -0.25) is 4.99 Å². The summed E-state index contributed by atoms with van der Waals surface area (Å²) in [5.41, 5.74) is 3.93. The second-order valence-electron chi connectivity index (χ2n) is 6.58. The van der Waals surface area contributed by atoms with E-state index in [2.05, 4.69) is 42.9 Å². The van der Waals surface area contributed by atoms with Gasteiger partial charge in [0.2, 0.25) is 12.4 Å². The summed E-state index contributed by atoms with van der Waals surface area (Å²) in [4.78, 5) is 9.43. The van der Waals surface area contributed by atoms with Crippen LogP contribution >= 0.6 is 0 Å². The summed E-state index contributed by atoms with van der Waals surface area (Å²) in [7, 11) is 2.25. The number of rotatable bonds is 1. The first-order valence-electron chi connectivity index (χ1n) is 8.13. The highest BCUT2D eigenvalue weighted by Crippen LogP contribution is 2.37. The van der Waals surface area contributed by atoms with Crippen LogP contribution in [0.1, 0.15) is 37.7 Å². The van der Waals surface area contributed by atoms with Gasteiger partial charge in [0.25, 0.3) is 0 Å². The Bertz CT molecular complexity index is 611. The van der Waals surface area contributed by atoms with Gasteiger partial charge in [-0.15, -0.1) is 0 Å². The van der Waals surface area contributed by atoms with E-state index in [0.717, 1.165) is 23.4 Å². The number of para-hydroxylation sites is 1. The molecule has 21 heavy (non-hydrogen) atoms. The van der Waals surface area contributed by atoms with Gasteiger partial charge in [-0.25, -0.2) is 9.48 Å². The molecule has 1 aliphatic carbocycles. The van der Waals surface area contributed by atoms with E-state index >= 15 is 0 Å². The molecule has 108 valence electrons. The molecule has 2 aliphatic heterocycles. The van der Waals surface area contributed by atoms with Gasteiger partial charge in [-0.2, -0.15) is 0 Å². The lowest BCUT2D eigenvalue weighted by molar-refractivity contribution is 0.439. The predicted octanol–water partition coefficient (Wildman–Crippen LogP) is 3.46. The summed E-state index contributed by atoms with van der Waals surface area (Å²) in [6, 6.07) is 8.78. The fourth-order valence-corrected chi connectivity index (χ4v) is 3.98. The summed E-state index contributed by atoms with van der Waals surface area (Å²) in [6.45, 7) is 5.19. The first kappa shape index (κ1) is 13.2. The quantitative estimate of drug-likeness (QED) is 0.704. The molecule has 0 bridgehead atoms. The SMILES string of the molecule is C[N+]12CCN=C1[C]N=C(C1CCCCC1)c1ccccc12. The minimum atomic E-state index is 0.597. The lowest BCUT2D eigenvalue weighted by Crippen LogP contribution is -2.48. The van der Waals surface area contributed by atoms with Gasteiger partial charge in [0.05, 0.1) is 24.9 Å². The van der Waals surface area contributed by atoms with Crippen molar-refractivity contribution in [2.24, 2.45) is 15.9 Å². The first-order valence-corrected chi connectivity index (χ1v) is 8.13. The van der Waals surface area contributed by atoms with E-state index in [9.17, 15) is 0 Å². The standard InChI is InChI=1S/C18H22N3/c1-21-12-11-19-17(21)13-20-18(14-7-3-2-4-8-14)15-9-5-6-10-16(15)21/h5-6,9-10,14H,2-4,7-8,11-12H2,1H3/q+1. The number of quaternary nitrogens is 1. The molecule has 1 atom stereocenters. The largest absolute Gasteiger partial charge is 0.263 e. The van der Waals surface area contributed by atoms with E-state index in [1.54, 1.807) is 0 Å². The van der Waals surface area contributed by atoms with Gasteiger partial charge in [0.15, 0.2) is 0 Å². The van der Waals surface area contributed by atoms with Crippen molar-refractivity contribution in [2.75, 3.05) is 20.1 Å². The molecule has 1 aromatic rings. The topological polar surface area (TPSA) is 24.7 Å². The van der Waals surface area contributed by atoms with Crippen LogP contribution in [0.2, 0.25) is 0 Å². The third kappa shape index (κ3) is 2.06. The number of hydrogen-bond donors (Lipinski definition) is 0. The number of amidine groups is 1. The van der Waals surface area contributed by atoms with Gasteiger partial charge in [-0.05, 0) is 18.9 Å². The molecule has 2 radical (unpaired) electrons. The van der Waals surface area contributed by atoms with Crippen LogP contribution in [0.25, 0.3) is 0 Å². The van der Waals surface area contributed by atoms with Crippen LogP contribution in [0.5, 0.6) is 0 Å². The normalized spacial score (nSPS) is 29.2. The molecule has 0 saturated heterocycles. The zero-order chi connectivity index (χ0) is 14.3. The third-order valence-corrected chi connectivity index (χ3v) is 5.26. The van der Waals surface area contributed by atoms with Crippen LogP contribution in [0.15, 0.2) is 34.3 Å². The molecule has 0 amide bonds. The van der Waals surface area contributed by atoms with Crippen molar-refractivity contribution >= 4 is 17.2 Å². The van der Waals surface area contributed by atoms with E-state index in [1.165, 1.54) is 49.1 Å². The molecule has 2 heterocycles. The first-order chi connectivity index (χ1) is 10.3. The van der Waals surface area contributed by atoms with Gasteiger partial charge in [0.1, 0.15) is 12.2 Å². The smallest absolute Gasteiger partial charge is 0.238 e. The highest BCUT2D eigenvalue weighted by Gasteiger charge is 2.42. The lowest BCUT2D eigenvalue weighted by Gasteiger charge is -2.30. The molecule has 1 fully saturated rings. The summed E-state index contributed by atoms with van der Waals surface area (Å²) in [5.74, 6) is 1.59. The van der Waals surface area contributed by atoms with E-state index in [4.69, 9.17) is 4.99 Å². The van der Waals surface area contributed by atoms with Gasteiger partial charge in [-0.1, -0.05) is 31.4 Å². The molecule has 1 aromatic carbocycles. The number of fused-ring (bicyclic) bond motifs is 3. The Balaban J connectivity index is 1.83. The molecule has 1 saturated carbocycles. The highest BCUT2D eigenvalue weighted by atomic mass is 15.4. The monoisotopic (exact) mass is 280 g/mol. The zero-order valence-corrected chi connectivity index (χ0v) is 12.7. The van der Waals surface area contributed by atoms with Crippen molar-refractivity contribution in [1.82, 2.24) is 4.48 Å². The molecule has 3 nitrogen and oxygen atoms in total. The second kappa shape index (κ2) is 5.06. The average Bonchev–Trinajstić information content (AvgIpc) is 2.86. The van der Waals surface area contributed by atoms with Crippen molar-refractivity contribution in [3.05, 3.63) is 36.4 Å². The summed E-state index contributed by atoms with van der Waals surface area (Å²) in [5, 5.41) is 0. The molecule has 3 heteroatoms. The van der Waals surface area contributed by atoms with Crippen LogP contribution in [0.3, 0.4) is 0 Å². The highest BCUT2D eigenvalue weighted by molar-refractivity contribution is 6.14. The fraction of sp³-hybridized carbons (Fsp3) is 0.500. The molecule has 1 unspecified atom stereocenters. The van der Waals surface area contributed by atoms with Crippen LogP contribution in [-0.4, -0.2) is 31.7 Å². The Morgan fingerprint density at radius 1 is 1.14 bits per heavy atom. The number of benzene rings is 1. The summed E-state index contributed by atoms with van der Waals surface area (Å²) >= 11 is 0. The van der Waals surface area contributed by atoms with Crippen molar-refractivity contribution in [3.63, 3.8) is 0 Å². The van der Waals surface area contributed by atoms with Crippen molar-refractivity contribution < 1.29 is 0 Å². The Kier molecular flexibility index (Phi) is 3.18. The van der Waals surface area contributed by atoms with Crippen LogP contribution in [0, 0.1) is 12.5 Å². The molecule has 3 aliphatic rings. The van der Waals surface area contributed by atoms with Crippen molar-refractivity contribution in [1.29, 1.82) is 0 Å². The second-order valence-corrected chi connectivity index (χ2v) is 6.58. The van der Waals surface area contributed by atoms with E-state index in [0.29, 0.717) is 5.92 Å². The number of nitrogens with zero attached hydrogens (tertiary/aromatic N) is 3. The van der Waals surface area contributed by atoms with Crippen LogP contribution in [0.4, 0.5) is 5.69 Å². The van der Waals surface area contributed by atoms with E-state index < -0.39 is 0 Å². The number of aliphatic imine (C=N–C) groups is 2. The Morgan fingerprint density at radius 2 is 1.95 bits per heavy atom. The van der Waals surface area contributed by atoms with Crippen LogP contribution < -0.4 is 4.48 Å². The summed E-state index contributed by atoms with van der Waals surface area (Å²) in [6.07, 6.45) is 6.58. The minimum Gasteiger partial charge on any atom is -0.263 e. The maximum Gasteiger partial charge on any atom is 0.238 e. The maximum absolute atomic E-state index is 4.80. The minimum absolute atomic E-state index is 0.597. The zero-order valence-electron chi connectivity index (χ0n) is 12.7. The predicted molar refractivity (Wildman–Crippen MR) is 87.7 cm³/mol. The van der Waals surface area contributed by atoms with Crippen LogP contribution in [-0.2, 0) is 0 Å². The summed E-state index contributed by atoms with van der Waals surface area (Å²) < 4.78 is 0.760. The van der Waals surface area contributed by atoms with Gasteiger partial charge < -0.3 is 0 Å². The van der Waals surface area contributed by atoms with Crippen molar-refractivity contribution in [2.45, 2.75) is 32.1 Å². The van der Waals surface area contributed by atoms with Crippen molar-refractivity contribution in [3.8, 4) is 0 Å². The molecule has 0 spiro atoms.